The topological polar surface area (TPSA) is 78.5 Å². The zero-order valence-corrected chi connectivity index (χ0v) is 15.0. The summed E-state index contributed by atoms with van der Waals surface area (Å²) in [5.41, 5.74) is -3.16. The number of nitrogens with zero attached hydrogens (tertiary/aromatic N) is 1. The number of hydrogen-bond donors (Lipinski definition) is 2. The van der Waals surface area contributed by atoms with E-state index >= 15 is 0 Å². The monoisotopic (exact) mass is 371 g/mol. The molecule has 0 aromatic heterocycles. The van der Waals surface area contributed by atoms with Gasteiger partial charge in [0.15, 0.2) is 0 Å². The molecule has 0 aliphatic carbocycles. The molecule has 1 saturated heterocycles. The van der Waals surface area contributed by atoms with Crippen molar-refractivity contribution in [2.75, 3.05) is 4.90 Å². The molecule has 0 radical (unpaired) electrons. The number of carbonyl (C=O) groups excluding carboxylic acids is 3. The number of aryl methyl sites for hydroxylation is 2. The first-order valence-electron chi connectivity index (χ1n) is 7.84. The van der Waals surface area contributed by atoms with E-state index in [2.05, 4.69) is 0 Å². The van der Waals surface area contributed by atoms with Gasteiger partial charge in [-0.05, 0) is 37.1 Å². The highest BCUT2D eigenvalue weighted by Gasteiger charge is 2.69. The highest BCUT2D eigenvalue weighted by molar-refractivity contribution is 6.24. The smallest absolute Gasteiger partial charge is 0.317 e. The molecule has 2 rings (SSSR count). The Balaban J connectivity index is 2.52. The molecule has 2 N–H and O–H groups in total. The fraction of sp³-hybridized carbons (Fsp3) is 0.471. The lowest BCUT2D eigenvalue weighted by Crippen LogP contribution is -2.70. The lowest BCUT2D eigenvalue weighted by atomic mass is 9.94. The van der Waals surface area contributed by atoms with Gasteiger partial charge in [0.1, 0.15) is 0 Å². The Kier molecular flexibility index (Phi) is 4.55. The largest absolute Gasteiger partial charge is 0.440 e. The quantitative estimate of drug-likeness (QED) is 0.785. The van der Waals surface area contributed by atoms with Crippen molar-refractivity contribution in [2.45, 2.75) is 46.5 Å². The number of carbonyl (C=O) groups is 3. The third-order valence-corrected chi connectivity index (χ3v) is 4.18. The van der Waals surface area contributed by atoms with Crippen molar-refractivity contribution in [3.63, 3.8) is 0 Å². The average molecular weight is 371 g/mol. The molecule has 142 valence electrons. The minimum atomic E-state index is -5.23. The van der Waals surface area contributed by atoms with Gasteiger partial charge < -0.3 is 5.32 Å². The SMILES string of the molecule is Cc1ccc(N2C(=O)N[C@](NC(=O)C(C)(C)C)(C(F)(F)F)C2=O)cc1C. The minimum Gasteiger partial charge on any atom is -0.317 e. The summed E-state index contributed by atoms with van der Waals surface area (Å²) >= 11 is 0. The number of imide groups is 1. The number of anilines is 1. The summed E-state index contributed by atoms with van der Waals surface area (Å²) in [7, 11) is 0. The molecule has 9 heteroatoms. The molecule has 4 amide bonds. The second-order valence-corrected chi connectivity index (χ2v) is 7.29. The van der Waals surface area contributed by atoms with E-state index < -0.39 is 35.1 Å². The Labute approximate surface area is 148 Å². The van der Waals surface area contributed by atoms with Crippen LogP contribution in [0.1, 0.15) is 31.9 Å². The number of hydrogen-bond acceptors (Lipinski definition) is 3. The zero-order valence-electron chi connectivity index (χ0n) is 15.0. The molecule has 26 heavy (non-hydrogen) atoms. The van der Waals surface area contributed by atoms with Crippen LogP contribution in [0.5, 0.6) is 0 Å². The standard InChI is InChI=1S/C17H20F3N3O3/c1-9-6-7-11(8-10(9)2)23-13(25)16(17(18,19)20,22-14(23)26)21-12(24)15(3,4)5/h6-8H,1-5H3,(H,21,24)(H,22,26)/t16-/m0/s1. The van der Waals surface area contributed by atoms with Gasteiger partial charge in [-0.1, -0.05) is 26.8 Å². The number of nitrogens with one attached hydrogen (secondary N) is 2. The summed E-state index contributed by atoms with van der Waals surface area (Å²) in [5, 5.41) is 3.31. The average Bonchev–Trinajstić information content (AvgIpc) is 2.72. The zero-order chi connectivity index (χ0) is 20.1. The molecule has 1 aromatic rings. The normalized spacial score (nSPS) is 21.0. The lowest BCUT2D eigenvalue weighted by Gasteiger charge is -2.32. The second-order valence-electron chi connectivity index (χ2n) is 7.29. The Morgan fingerprint density at radius 3 is 2.15 bits per heavy atom. The highest BCUT2D eigenvalue weighted by Crippen LogP contribution is 2.36. The molecule has 0 bridgehead atoms. The third kappa shape index (κ3) is 3.13. The van der Waals surface area contributed by atoms with Gasteiger partial charge in [-0.3, -0.25) is 14.9 Å². The van der Waals surface area contributed by atoms with Crippen LogP contribution in [0, 0.1) is 19.3 Å². The van der Waals surface area contributed by atoms with Crippen LogP contribution in [-0.2, 0) is 9.59 Å². The molecule has 1 fully saturated rings. The van der Waals surface area contributed by atoms with Crippen molar-refractivity contribution in [2.24, 2.45) is 5.41 Å². The Morgan fingerprint density at radius 1 is 1.12 bits per heavy atom. The van der Waals surface area contributed by atoms with Crippen molar-refractivity contribution in [3.05, 3.63) is 29.3 Å². The van der Waals surface area contributed by atoms with Crippen LogP contribution in [0.2, 0.25) is 0 Å². The maximum absolute atomic E-state index is 13.7. The van der Waals surface area contributed by atoms with Gasteiger partial charge >= 0.3 is 12.2 Å². The molecule has 1 aromatic carbocycles. The molecular formula is C17H20F3N3O3. The summed E-state index contributed by atoms with van der Waals surface area (Å²) in [6, 6.07) is 3.14. The van der Waals surface area contributed by atoms with Crippen LogP contribution < -0.4 is 15.5 Å². The predicted octanol–water partition coefficient (Wildman–Crippen LogP) is 2.78. The van der Waals surface area contributed by atoms with E-state index in [4.69, 9.17) is 0 Å². The van der Waals surface area contributed by atoms with Gasteiger partial charge in [0.25, 0.3) is 11.6 Å². The van der Waals surface area contributed by atoms with Crippen LogP contribution >= 0.6 is 0 Å². The molecular weight excluding hydrogens is 351 g/mol. The molecule has 1 heterocycles. The molecule has 1 aliphatic heterocycles. The number of halogens is 3. The summed E-state index contributed by atoms with van der Waals surface area (Å²) in [4.78, 5) is 37.4. The van der Waals surface area contributed by atoms with Crippen LogP contribution in [0.3, 0.4) is 0 Å². The molecule has 0 unspecified atom stereocenters. The maximum atomic E-state index is 13.7. The van der Waals surface area contributed by atoms with Crippen LogP contribution in [0.15, 0.2) is 18.2 Å². The third-order valence-electron chi connectivity index (χ3n) is 4.18. The van der Waals surface area contributed by atoms with Crippen LogP contribution in [-0.4, -0.2) is 29.7 Å². The number of rotatable bonds is 2. The predicted molar refractivity (Wildman–Crippen MR) is 88.3 cm³/mol. The second kappa shape index (κ2) is 6.00. The van der Waals surface area contributed by atoms with Gasteiger partial charge in [-0.25, -0.2) is 9.69 Å². The molecule has 0 saturated carbocycles. The van der Waals surface area contributed by atoms with E-state index in [0.29, 0.717) is 10.5 Å². The molecule has 1 aliphatic rings. The summed E-state index contributed by atoms with van der Waals surface area (Å²) in [5.74, 6) is -2.62. The summed E-state index contributed by atoms with van der Waals surface area (Å²) in [6.45, 7) is 7.68. The van der Waals surface area contributed by atoms with E-state index in [-0.39, 0.29) is 5.69 Å². The van der Waals surface area contributed by atoms with Gasteiger partial charge in [0, 0.05) is 5.41 Å². The number of benzene rings is 1. The molecule has 6 nitrogen and oxygen atoms in total. The van der Waals surface area contributed by atoms with Crippen molar-refractivity contribution >= 4 is 23.5 Å². The lowest BCUT2D eigenvalue weighted by molar-refractivity contribution is -0.202. The van der Waals surface area contributed by atoms with Crippen molar-refractivity contribution in [3.8, 4) is 0 Å². The fourth-order valence-corrected chi connectivity index (χ4v) is 2.33. The van der Waals surface area contributed by atoms with E-state index in [1.165, 1.54) is 32.9 Å². The van der Waals surface area contributed by atoms with Crippen LogP contribution in [0.25, 0.3) is 0 Å². The first-order chi connectivity index (χ1) is 11.7. The van der Waals surface area contributed by atoms with E-state index in [1.54, 1.807) is 30.5 Å². The first-order valence-corrected chi connectivity index (χ1v) is 7.84. The summed E-state index contributed by atoms with van der Waals surface area (Å²) in [6.07, 6.45) is -5.23. The maximum Gasteiger partial charge on any atom is 0.440 e. The first kappa shape index (κ1) is 19.7. The minimum absolute atomic E-state index is 0.00765. The summed E-state index contributed by atoms with van der Waals surface area (Å²) < 4.78 is 41.2. The number of amides is 4. The number of alkyl halides is 3. The Morgan fingerprint density at radius 2 is 1.69 bits per heavy atom. The van der Waals surface area contributed by atoms with Crippen LogP contribution in [0.4, 0.5) is 23.7 Å². The fourth-order valence-electron chi connectivity index (χ4n) is 2.33. The Hall–Kier alpha value is -2.58. The van der Waals surface area contributed by atoms with Gasteiger partial charge in [0.05, 0.1) is 5.69 Å². The van der Waals surface area contributed by atoms with E-state index in [1.807, 2.05) is 0 Å². The van der Waals surface area contributed by atoms with Crippen molar-refractivity contribution in [1.82, 2.24) is 10.6 Å². The van der Waals surface area contributed by atoms with Crippen molar-refractivity contribution < 1.29 is 27.6 Å². The van der Waals surface area contributed by atoms with E-state index in [0.717, 1.165) is 5.56 Å². The van der Waals surface area contributed by atoms with Gasteiger partial charge in [-0.2, -0.15) is 13.2 Å². The van der Waals surface area contributed by atoms with Crippen molar-refractivity contribution in [1.29, 1.82) is 0 Å². The highest BCUT2D eigenvalue weighted by atomic mass is 19.4. The van der Waals surface area contributed by atoms with E-state index in [9.17, 15) is 27.6 Å². The number of urea groups is 1. The van der Waals surface area contributed by atoms with Gasteiger partial charge in [-0.15, -0.1) is 0 Å². The van der Waals surface area contributed by atoms with Gasteiger partial charge in [0.2, 0.25) is 5.91 Å². The Bertz CT molecular complexity index is 784. The molecule has 1 atom stereocenters. The molecule has 0 spiro atoms.